The predicted octanol–water partition coefficient (Wildman–Crippen LogP) is 1.28. The molecule has 3 saturated heterocycles. The molecule has 15 heavy (non-hydrogen) atoms. The van der Waals surface area contributed by atoms with E-state index in [0.29, 0.717) is 6.04 Å². The number of fused-ring (bicyclic) bond motifs is 2. The third kappa shape index (κ3) is 1.32. The van der Waals surface area contributed by atoms with Gasteiger partial charge in [0.15, 0.2) is 0 Å². The Morgan fingerprint density at radius 1 is 1.20 bits per heavy atom. The van der Waals surface area contributed by atoms with Crippen molar-refractivity contribution in [3.05, 3.63) is 0 Å². The minimum atomic E-state index is 0.0232. The van der Waals surface area contributed by atoms with Gasteiger partial charge in [-0.15, -0.1) is 0 Å². The summed E-state index contributed by atoms with van der Waals surface area (Å²) in [7, 11) is 1.52. The molecule has 0 aromatic heterocycles. The molecule has 4 aliphatic rings. The average Bonchev–Trinajstić information content (AvgIpc) is 2.76. The van der Waals surface area contributed by atoms with Crippen LogP contribution in [0, 0.1) is 17.8 Å². The van der Waals surface area contributed by atoms with E-state index in [1.807, 2.05) is 0 Å². The Balaban J connectivity index is 1.83. The van der Waals surface area contributed by atoms with Crippen molar-refractivity contribution in [2.45, 2.75) is 31.7 Å². The van der Waals surface area contributed by atoms with Crippen LogP contribution in [-0.4, -0.2) is 37.1 Å². The van der Waals surface area contributed by atoms with E-state index < -0.39 is 0 Å². The second-order valence-electron chi connectivity index (χ2n) is 5.23. The Morgan fingerprint density at radius 2 is 1.93 bits per heavy atom. The van der Waals surface area contributed by atoms with Crippen LogP contribution in [0.1, 0.15) is 25.7 Å². The minimum absolute atomic E-state index is 0.0232. The number of rotatable bonds is 1. The highest BCUT2D eigenvalue weighted by Crippen LogP contribution is 2.48. The number of methoxy groups -OCH3 is 1. The van der Waals surface area contributed by atoms with Gasteiger partial charge in [-0.25, -0.2) is 0 Å². The summed E-state index contributed by atoms with van der Waals surface area (Å²) in [6.07, 6.45) is 5.00. The highest BCUT2D eigenvalue weighted by atomic mass is 16.5. The molecule has 1 saturated carbocycles. The van der Waals surface area contributed by atoms with E-state index in [0.717, 1.165) is 18.3 Å². The molecule has 0 N–H and O–H groups in total. The van der Waals surface area contributed by atoms with Gasteiger partial charge in [-0.05, 0) is 50.6 Å². The number of ether oxygens (including phenoxy) is 1. The van der Waals surface area contributed by atoms with Gasteiger partial charge < -0.3 is 4.74 Å². The van der Waals surface area contributed by atoms with E-state index in [1.165, 1.54) is 39.5 Å². The molecule has 84 valence electrons. The number of esters is 1. The first-order valence-electron chi connectivity index (χ1n) is 6.13. The fraction of sp³-hybridized carbons (Fsp3) is 0.917. The number of nitrogens with zero attached hydrogens (tertiary/aromatic N) is 1. The summed E-state index contributed by atoms with van der Waals surface area (Å²) in [5.41, 5.74) is 0. The Morgan fingerprint density at radius 3 is 2.60 bits per heavy atom. The lowest BCUT2D eigenvalue weighted by atomic mass is 9.74. The standard InChI is InChI=1S/C12H19NO2/c1-15-12(14)10-3-2-9-8-4-6-13(7-5-8)11(9)10/h8-11H,2-7H2,1H3. The van der Waals surface area contributed by atoms with Crippen molar-refractivity contribution >= 4 is 5.97 Å². The molecule has 3 heterocycles. The summed E-state index contributed by atoms with van der Waals surface area (Å²) in [4.78, 5) is 14.2. The molecule has 3 unspecified atom stereocenters. The number of piperidine rings is 3. The van der Waals surface area contributed by atoms with Crippen LogP contribution in [0.2, 0.25) is 0 Å². The van der Waals surface area contributed by atoms with E-state index in [-0.39, 0.29) is 11.9 Å². The number of hydrogen-bond acceptors (Lipinski definition) is 3. The van der Waals surface area contributed by atoms with E-state index in [1.54, 1.807) is 0 Å². The zero-order chi connectivity index (χ0) is 10.4. The first kappa shape index (κ1) is 9.64. The van der Waals surface area contributed by atoms with Crippen LogP contribution in [0.3, 0.4) is 0 Å². The van der Waals surface area contributed by atoms with Gasteiger partial charge in [0.25, 0.3) is 0 Å². The third-order valence-electron chi connectivity index (χ3n) is 4.77. The molecule has 4 fully saturated rings. The van der Waals surface area contributed by atoms with Crippen LogP contribution in [-0.2, 0) is 9.53 Å². The van der Waals surface area contributed by atoms with E-state index in [9.17, 15) is 4.79 Å². The second kappa shape index (κ2) is 3.48. The third-order valence-corrected chi connectivity index (χ3v) is 4.77. The minimum Gasteiger partial charge on any atom is -0.469 e. The quantitative estimate of drug-likeness (QED) is 0.609. The smallest absolute Gasteiger partial charge is 0.310 e. The van der Waals surface area contributed by atoms with Crippen molar-refractivity contribution in [3.63, 3.8) is 0 Å². The number of carbonyl (C=O) groups excluding carboxylic acids is 1. The maximum atomic E-state index is 11.7. The summed E-state index contributed by atoms with van der Waals surface area (Å²) in [6, 6.07) is 0.518. The summed E-state index contributed by atoms with van der Waals surface area (Å²) in [6.45, 7) is 2.42. The Bertz CT molecular complexity index is 271. The van der Waals surface area contributed by atoms with Crippen molar-refractivity contribution in [3.8, 4) is 0 Å². The van der Waals surface area contributed by atoms with E-state index in [4.69, 9.17) is 4.74 Å². The fourth-order valence-electron chi connectivity index (χ4n) is 4.11. The molecule has 3 nitrogen and oxygen atoms in total. The summed E-state index contributed by atoms with van der Waals surface area (Å²) >= 11 is 0. The molecular weight excluding hydrogens is 190 g/mol. The van der Waals surface area contributed by atoms with Crippen molar-refractivity contribution in [1.82, 2.24) is 4.90 Å². The largest absolute Gasteiger partial charge is 0.469 e. The SMILES string of the molecule is COC(=O)C1CCC2C3CCN(CC3)C12. The summed E-state index contributed by atoms with van der Waals surface area (Å²) < 4.78 is 4.93. The summed E-state index contributed by atoms with van der Waals surface area (Å²) in [5, 5.41) is 0. The monoisotopic (exact) mass is 209 g/mol. The fourth-order valence-corrected chi connectivity index (χ4v) is 4.11. The zero-order valence-corrected chi connectivity index (χ0v) is 9.32. The lowest BCUT2D eigenvalue weighted by Gasteiger charge is -2.49. The van der Waals surface area contributed by atoms with Gasteiger partial charge >= 0.3 is 5.97 Å². The van der Waals surface area contributed by atoms with Crippen LogP contribution < -0.4 is 0 Å². The van der Waals surface area contributed by atoms with Gasteiger partial charge in [-0.2, -0.15) is 0 Å². The normalized spacial score (nSPS) is 47.7. The molecule has 3 aliphatic heterocycles. The van der Waals surface area contributed by atoms with Gasteiger partial charge in [0.1, 0.15) is 0 Å². The molecule has 1 aliphatic carbocycles. The van der Waals surface area contributed by atoms with Crippen LogP contribution >= 0.6 is 0 Å². The maximum Gasteiger partial charge on any atom is 0.310 e. The molecule has 0 radical (unpaired) electrons. The highest BCUT2D eigenvalue weighted by Gasteiger charge is 2.51. The predicted molar refractivity (Wildman–Crippen MR) is 56.3 cm³/mol. The van der Waals surface area contributed by atoms with E-state index in [2.05, 4.69) is 4.90 Å². The van der Waals surface area contributed by atoms with Crippen LogP contribution in [0.15, 0.2) is 0 Å². The van der Waals surface area contributed by atoms with Crippen molar-refractivity contribution < 1.29 is 9.53 Å². The van der Waals surface area contributed by atoms with E-state index >= 15 is 0 Å². The van der Waals surface area contributed by atoms with Crippen LogP contribution in [0.4, 0.5) is 0 Å². The van der Waals surface area contributed by atoms with Crippen LogP contribution in [0.25, 0.3) is 0 Å². The second-order valence-corrected chi connectivity index (χ2v) is 5.23. The van der Waals surface area contributed by atoms with Gasteiger partial charge in [-0.3, -0.25) is 9.69 Å². The molecule has 2 bridgehead atoms. The molecule has 4 rings (SSSR count). The lowest BCUT2D eigenvalue weighted by molar-refractivity contribution is -0.149. The highest BCUT2D eigenvalue weighted by molar-refractivity contribution is 5.73. The number of hydrogen-bond donors (Lipinski definition) is 0. The molecular formula is C12H19NO2. The molecule has 0 aromatic rings. The Labute approximate surface area is 90.8 Å². The Kier molecular flexibility index (Phi) is 2.23. The topological polar surface area (TPSA) is 29.5 Å². The summed E-state index contributed by atoms with van der Waals surface area (Å²) in [5.74, 6) is 1.88. The molecule has 0 amide bonds. The first-order chi connectivity index (χ1) is 7.31. The van der Waals surface area contributed by atoms with Crippen LogP contribution in [0.5, 0.6) is 0 Å². The average molecular weight is 209 g/mol. The zero-order valence-electron chi connectivity index (χ0n) is 9.32. The Hall–Kier alpha value is -0.570. The number of carbonyl (C=O) groups is 1. The van der Waals surface area contributed by atoms with Gasteiger partial charge in [-0.1, -0.05) is 0 Å². The molecule has 0 aromatic carbocycles. The molecule has 3 heteroatoms. The molecule has 0 spiro atoms. The first-order valence-corrected chi connectivity index (χ1v) is 6.13. The van der Waals surface area contributed by atoms with Gasteiger partial charge in [0.05, 0.1) is 13.0 Å². The van der Waals surface area contributed by atoms with Gasteiger partial charge in [0, 0.05) is 6.04 Å². The van der Waals surface area contributed by atoms with Gasteiger partial charge in [0.2, 0.25) is 0 Å². The molecule has 3 atom stereocenters. The van der Waals surface area contributed by atoms with Crippen molar-refractivity contribution in [1.29, 1.82) is 0 Å². The van der Waals surface area contributed by atoms with Crippen molar-refractivity contribution in [2.24, 2.45) is 17.8 Å². The van der Waals surface area contributed by atoms with Crippen molar-refractivity contribution in [2.75, 3.05) is 20.2 Å². The maximum absolute atomic E-state index is 11.7. The lowest BCUT2D eigenvalue weighted by Crippen LogP contribution is -2.55.